The van der Waals surface area contributed by atoms with Gasteiger partial charge in [-0.15, -0.1) is 0 Å². The number of hydrogen-bond donors (Lipinski definition) is 0. The standard InChI is InChI=1S/C19H21N3S/c1-3-15-12-23-19-21-17(16-6-4-5-11-20-16)18(22(15)19)14-9-7-13(2)8-10-14/h4-11,15,17-18H,3,12H2,1-2H3/t15-,17-,18+/m0/s1. The van der Waals surface area contributed by atoms with E-state index in [2.05, 4.69) is 60.1 Å². The van der Waals surface area contributed by atoms with Crippen molar-refractivity contribution >= 4 is 16.9 Å². The van der Waals surface area contributed by atoms with E-state index in [1.807, 2.05) is 24.0 Å². The molecule has 4 heteroatoms. The molecule has 3 heterocycles. The Labute approximate surface area is 141 Å². The summed E-state index contributed by atoms with van der Waals surface area (Å²) in [7, 11) is 0. The summed E-state index contributed by atoms with van der Waals surface area (Å²) in [5, 5.41) is 1.19. The summed E-state index contributed by atoms with van der Waals surface area (Å²) in [6, 6.07) is 16.0. The summed E-state index contributed by atoms with van der Waals surface area (Å²) in [6.45, 7) is 4.41. The summed E-state index contributed by atoms with van der Waals surface area (Å²) >= 11 is 1.89. The Morgan fingerprint density at radius 3 is 2.70 bits per heavy atom. The fraction of sp³-hybridized carbons (Fsp3) is 0.368. The maximum absolute atomic E-state index is 5.04. The molecule has 3 nitrogen and oxygen atoms in total. The molecule has 0 spiro atoms. The van der Waals surface area contributed by atoms with Crippen LogP contribution in [-0.2, 0) is 0 Å². The fourth-order valence-electron chi connectivity index (χ4n) is 3.47. The first-order valence-corrected chi connectivity index (χ1v) is 9.23. The number of amidine groups is 1. The van der Waals surface area contributed by atoms with E-state index in [-0.39, 0.29) is 12.1 Å². The average molecular weight is 323 g/mol. The Bertz CT molecular complexity index is 711. The van der Waals surface area contributed by atoms with Crippen LogP contribution in [0.25, 0.3) is 0 Å². The van der Waals surface area contributed by atoms with Crippen molar-refractivity contribution in [2.75, 3.05) is 5.75 Å². The van der Waals surface area contributed by atoms with Gasteiger partial charge >= 0.3 is 0 Å². The van der Waals surface area contributed by atoms with E-state index in [0.29, 0.717) is 6.04 Å². The number of benzene rings is 1. The molecule has 0 saturated carbocycles. The molecule has 0 aliphatic carbocycles. The minimum Gasteiger partial charge on any atom is -0.338 e. The molecular weight excluding hydrogens is 302 g/mol. The van der Waals surface area contributed by atoms with Crippen molar-refractivity contribution in [1.82, 2.24) is 9.88 Å². The molecule has 23 heavy (non-hydrogen) atoms. The number of nitrogens with zero attached hydrogens (tertiary/aromatic N) is 3. The molecule has 2 aliphatic rings. The molecule has 0 bridgehead atoms. The van der Waals surface area contributed by atoms with E-state index in [0.717, 1.165) is 17.9 Å². The molecule has 4 rings (SSSR count). The van der Waals surface area contributed by atoms with Crippen molar-refractivity contribution < 1.29 is 0 Å². The molecule has 0 unspecified atom stereocenters. The quantitative estimate of drug-likeness (QED) is 0.840. The Balaban J connectivity index is 1.78. The zero-order chi connectivity index (χ0) is 15.8. The number of pyridine rings is 1. The van der Waals surface area contributed by atoms with Gasteiger partial charge in [-0.05, 0) is 31.0 Å². The number of thioether (sulfide) groups is 1. The van der Waals surface area contributed by atoms with Gasteiger partial charge in [0.1, 0.15) is 6.04 Å². The monoisotopic (exact) mass is 323 g/mol. The van der Waals surface area contributed by atoms with E-state index in [9.17, 15) is 0 Å². The number of rotatable bonds is 3. The van der Waals surface area contributed by atoms with E-state index in [4.69, 9.17) is 4.99 Å². The largest absolute Gasteiger partial charge is 0.338 e. The molecule has 0 radical (unpaired) electrons. The van der Waals surface area contributed by atoms with Gasteiger partial charge in [0.25, 0.3) is 0 Å². The highest BCUT2D eigenvalue weighted by Crippen LogP contribution is 2.48. The third-order valence-electron chi connectivity index (χ3n) is 4.75. The molecule has 3 atom stereocenters. The van der Waals surface area contributed by atoms with Crippen LogP contribution in [0.2, 0.25) is 0 Å². The molecular formula is C19H21N3S. The Hall–Kier alpha value is -1.81. The molecule has 118 valence electrons. The van der Waals surface area contributed by atoms with Gasteiger partial charge in [-0.25, -0.2) is 0 Å². The minimum absolute atomic E-state index is 0.0933. The van der Waals surface area contributed by atoms with Crippen molar-refractivity contribution in [3.8, 4) is 0 Å². The summed E-state index contributed by atoms with van der Waals surface area (Å²) in [6.07, 6.45) is 3.03. The third kappa shape index (κ3) is 2.55. The molecule has 1 fully saturated rings. The lowest BCUT2D eigenvalue weighted by molar-refractivity contribution is 0.255. The van der Waals surface area contributed by atoms with Crippen LogP contribution in [0, 0.1) is 6.92 Å². The number of aromatic nitrogens is 1. The number of aryl methyl sites for hydroxylation is 1. The second kappa shape index (κ2) is 6.00. The van der Waals surface area contributed by atoms with Crippen molar-refractivity contribution in [2.45, 2.75) is 38.4 Å². The van der Waals surface area contributed by atoms with E-state index in [1.165, 1.54) is 16.3 Å². The number of hydrogen-bond acceptors (Lipinski definition) is 4. The number of aliphatic imine (C=N–C) groups is 1. The van der Waals surface area contributed by atoms with Crippen LogP contribution >= 0.6 is 11.8 Å². The van der Waals surface area contributed by atoms with Crippen LogP contribution in [0.4, 0.5) is 0 Å². The highest BCUT2D eigenvalue weighted by Gasteiger charge is 2.45. The summed E-state index contributed by atoms with van der Waals surface area (Å²) in [4.78, 5) is 12.2. The predicted molar refractivity (Wildman–Crippen MR) is 96.7 cm³/mol. The predicted octanol–water partition coefficient (Wildman–Crippen LogP) is 4.37. The first-order valence-electron chi connectivity index (χ1n) is 8.24. The molecule has 1 aromatic carbocycles. The van der Waals surface area contributed by atoms with Crippen LogP contribution < -0.4 is 0 Å². The fourth-order valence-corrected chi connectivity index (χ4v) is 4.81. The van der Waals surface area contributed by atoms with Gasteiger partial charge in [-0.2, -0.15) is 0 Å². The van der Waals surface area contributed by atoms with Crippen molar-refractivity contribution in [3.63, 3.8) is 0 Å². The third-order valence-corrected chi connectivity index (χ3v) is 5.87. The van der Waals surface area contributed by atoms with Crippen molar-refractivity contribution in [2.24, 2.45) is 4.99 Å². The van der Waals surface area contributed by atoms with Gasteiger partial charge in [0.15, 0.2) is 5.17 Å². The summed E-state index contributed by atoms with van der Waals surface area (Å²) in [5.41, 5.74) is 3.70. The SMILES string of the molecule is CC[C@H]1CSC2=N[C@@H](c3ccccn3)[C@@H](c3ccc(C)cc3)N21. The molecule has 2 aromatic rings. The first-order chi connectivity index (χ1) is 11.3. The second-order valence-electron chi connectivity index (χ2n) is 6.25. The van der Waals surface area contributed by atoms with Gasteiger partial charge in [0.2, 0.25) is 0 Å². The lowest BCUT2D eigenvalue weighted by atomic mass is 9.94. The maximum Gasteiger partial charge on any atom is 0.160 e. The molecule has 0 N–H and O–H groups in total. The Morgan fingerprint density at radius 1 is 1.17 bits per heavy atom. The highest BCUT2D eigenvalue weighted by molar-refractivity contribution is 8.14. The van der Waals surface area contributed by atoms with Crippen molar-refractivity contribution in [1.29, 1.82) is 0 Å². The van der Waals surface area contributed by atoms with E-state index < -0.39 is 0 Å². The van der Waals surface area contributed by atoms with E-state index in [1.54, 1.807) is 0 Å². The average Bonchev–Trinajstić information content (AvgIpc) is 3.15. The smallest absolute Gasteiger partial charge is 0.160 e. The van der Waals surface area contributed by atoms with Crippen LogP contribution in [0.3, 0.4) is 0 Å². The number of fused-ring (bicyclic) bond motifs is 1. The van der Waals surface area contributed by atoms with Crippen LogP contribution in [0.1, 0.15) is 42.2 Å². The topological polar surface area (TPSA) is 28.5 Å². The van der Waals surface area contributed by atoms with Gasteiger partial charge in [0.05, 0.1) is 11.7 Å². The zero-order valence-corrected chi connectivity index (χ0v) is 14.3. The second-order valence-corrected chi connectivity index (χ2v) is 7.23. The van der Waals surface area contributed by atoms with Gasteiger partial charge in [0, 0.05) is 18.0 Å². The van der Waals surface area contributed by atoms with Crippen LogP contribution in [0.5, 0.6) is 0 Å². The van der Waals surface area contributed by atoms with Gasteiger partial charge in [-0.1, -0.05) is 54.6 Å². The highest BCUT2D eigenvalue weighted by atomic mass is 32.2. The Kier molecular flexibility index (Phi) is 3.85. The molecule has 1 saturated heterocycles. The zero-order valence-electron chi connectivity index (χ0n) is 13.5. The minimum atomic E-state index is 0.0933. The summed E-state index contributed by atoms with van der Waals surface area (Å²) in [5.74, 6) is 1.15. The van der Waals surface area contributed by atoms with Crippen molar-refractivity contribution in [3.05, 3.63) is 65.5 Å². The van der Waals surface area contributed by atoms with Gasteiger partial charge in [-0.3, -0.25) is 9.98 Å². The Morgan fingerprint density at radius 2 is 2.00 bits per heavy atom. The molecule has 1 aromatic heterocycles. The van der Waals surface area contributed by atoms with Gasteiger partial charge < -0.3 is 4.90 Å². The summed E-state index contributed by atoms with van der Waals surface area (Å²) < 4.78 is 0. The first kappa shape index (κ1) is 14.8. The maximum atomic E-state index is 5.04. The normalized spacial score (nSPS) is 26.3. The lowest BCUT2D eigenvalue weighted by Gasteiger charge is -2.32. The van der Waals surface area contributed by atoms with Crippen LogP contribution in [0.15, 0.2) is 53.7 Å². The molecule has 0 amide bonds. The van der Waals surface area contributed by atoms with E-state index >= 15 is 0 Å². The lowest BCUT2D eigenvalue weighted by Crippen LogP contribution is -2.35. The van der Waals surface area contributed by atoms with Crippen LogP contribution in [-0.4, -0.2) is 26.8 Å². The molecule has 2 aliphatic heterocycles.